The topological polar surface area (TPSA) is 198 Å². The molecule has 0 aromatic heterocycles. The molecule has 16 heteroatoms. The Balaban J connectivity index is 1.69. The molecular weight excluding hydrogens is 664 g/mol. The maximum Gasteiger partial charge on any atom is 0.338 e. The van der Waals surface area contributed by atoms with Crippen LogP contribution < -0.4 is 9.47 Å². The van der Waals surface area contributed by atoms with Gasteiger partial charge in [-0.1, -0.05) is 18.2 Å². The molecule has 4 rings (SSSR count). The minimum atomic E-state index is -1.74. The lowest BCUT2D eigenvalue weighted by molar-refractivity contribution is -0.356. The Labute approximate surface area is 287 Å². The first-order valence-electron chi connectivity index (χ1n) is 15.6. The fourth-order valence-corrected chi connectivity index (χ4v) is 5.44. The number of aliphatic hydroxyl groups is 1. The summed E-state index contributed by atoms with van der Waals surface area (Å²) in [6, 6.07) is 14.4. The largest absolute Gasteiger partial charge is 0.497 e. The summed E-state index contributed by atoms with van der Waals surface area (Å²) in [5, 5.41) is 11.8. The van der Waals surface area contributed by atoms with Gasteiger partial charge < -0.3 is 52.5 Å². The molecule has 0 bridgehead atoms. The van der Waals surface area contributed by atoms with Crippen molar-refractivity contribution in [3.8, 4) is 11.5 Å². The van der Waals surface area contributed by atoms with Crippen LogP contribution in [0.15, 0.2) is 54.6 Å². The summed E-state index contributed by atoms with van der Waals surface area (Å²) in [6.45, 7) is 5.47. The first kappa shape index (κ1) is 38.0. The molecule has 0 aliphatic carbocycles. The van der Waals surface area contributed by atoms with Gasteiger partial charge in [-0.3, -0.25) is 19.2 Å². The summed E-state index contributed by atoms with van der Waals surface area (Å²) in [5.41, 5.74) is 0.245. The van der Waals surface area contributed by atoms with Crippen LogP contribution in [-0.2, 0) is 57.1 Å². The molecule has 50 heavy (non-hydrogen) atoms. The molecule has 2 saturated heterocycles. The predicted octanol–water partition coefficient (Wildman–Crippen LogP) is 1.87. The highest BCUT2D eigenvalue weighted by Crippen LogP contribution is 2.35. The van der Waals surface area contributed by atoms with Gasteiger partial charge in [0.25, 0.3) is 0 Å². The van der Waals surface area contributed by atoms with E-state index in [0.717, 1.165) is 27.7 Å². The highest BCUT2D eigenvalue weighted by Gasteiger charge is 2.56. The molecule has 2 aromatic carbocycles. The van der Waals surface area contributed by atoms with Gasteiger partial charge in [-0.15, -0.1) is 0 Å². The summed E-state index contributed by atoms with van der Waals surface area (Å²) in [5.74, 6) is -3.11. The van der Waals surface area contributed by atoms with E-state index in [-0.39, 0.29) is 11.3 Å². The average molecular weight is 705 g/mol. The molecule has 0 spiro atoms. The number of benzene rings is 2. The fourth-order valence-electron chi connectivity index (χ4n) is 5.44. The number of hydrogen-bond acceptors (Lipinski definition) is 16. The summed E-state index contributed by atoms with van der Waals surface area (Å²) in [6.07, 6.45) is -14.4. The molecule has 0 radical (unpaired) electrons. The predicted molar refractivity (Wildman–Crippen MR) is 166 cm³/mol. The number of ether oxygens (including phenoxy) is 10. The summed E-state index contributed by atoms with van der Waals surface area (Å²) in [4.78, 5) is 61.4. The van der Waals surface area contributed by atoms with Gasteiger partial charge >= 0.3 is 29.8 Å². The number of methoxy groups -OCH3 is 1. The van der Waals surface area contributed by atoms with Crippen LogP contribution >= 0.6 is 0 Å². The van der Waals surface area contributed by atoms with Gasteiger partial charge in [0.2, 0.25) is 6.29 Å². The van der Waals surface area contributed by atoms with Gasteiger partial charge in [0.15, 0.2) is 36.8 Å². The van der Waals surface area contributed by atoms with Gasteiger partial charge in [-0.05, 0) is 43.3 Å². The van der Waals surface area contributed by atoms with Crippen molar-refractivity contribution in [2.24, 2.45) is 0 Å². The number of rotatable bonds is 12. The van der Waals surface area contributed by atoms with Crippen LogP contribution in [0.3, 0.4) is 0 Å². The maximum atomic E-state index is 12.8. The molecule has 10 atom stereocenters. The van der Waals surface area contributed by atoms with Gasteiger partial charge in [0.1, 0.15) is 30.3 Å². The van der Waals surface area contributed by atoms with E-state index in [9.17, 15) is 29.1 Å². The third-order valence-electron chi connectivity index (χ3n) is 7.54. The highest BCUT2D eigenvalue weighted by atomic mass is 16.8. The van der Waals surface area contributed by atoms with Crippen molar-refractivity contribution in [1.82, 2.24) is 0 Å². The Morgan fingerprint density at radius 3 is 1.78 bits per heavy atom. The minimum Gasteiger partial charge on any atom is -0.497 e. The molecule has 2 heterocycles. The second-order valence-corrected chi connectivity index (χ2v) is 11.4. The zero-order valence-corrected chi connectivity index (χ0v) is 28.2. The quantitative estimate of drug-likeness (QED) is 0.248. The van der Waals surface area contributed by atoms with Crippen LogP contribution in [-0.4, -0.2) is 110 Å². The SMILES string of the molecule is COc1ccc(O[C@@H]2O[C@H](COC(=O)c3ccccc3)[C@H](OC(C)=O)[C@H](O)[C@H]2O[C@@H]2O[C@@H](C)[C@H](OC(C)=O)[C@@H](OC(C)=O)[C@H]2OC(C)=O)cc1. The number of carbonyl (C=O) groups is 5. The number of esters is 5. The molecule has 0 unspecified atom stereocenters. The van der Waals surface area contributed by atoms with Crippen LogP contribution in [0.1, 0.15) is 45.0 Å². The molecule has 2 aromatic rings. The first-order chi connectivity index (χ1) is 23.8. The first-order valence-corrected chi connectivity index (χ1v) is 15.6. The summed E-state index contributed by atoms with van der Waals surface area (Å²) >= 11 is 0. The van der Waals surface area contributed by atoms with Gasteiger partial charge in [-0.2, -0.15) is 0 Å². The van der Waals surface area contributed by atoms with E-state index in [1.54, 1.807) is 54.6 Å². The Morgan fingerprint density at radius 1 is 0.660 bits per heavy atom. The average Bonchev–Trinajstić information content (AvgIpc) is 3.06. The van der Waals surface area contributed by atoms with Crippen LogP contribution in [0, 0.1) is 0 Å². The molecule has 272 valence electrons. The van der Waals surface area contributed by atoms with E-state index in [2.05, 4.69) is 0 Å². The van der Waals surface area contributed by atoms with Crippen molar-refractivity contribution >= 4 is 29.8 Å². The zero-order valence-electron chi connectivity index (χ0n) is 28.2. The fraction of sp³-hybridized carbons (Fsp3) is 0.500. The minimum absolute atomic E-state index is 0.227. The van der Waals surface area contributed by atoms with E-state index in [1.165, 1.54) is 14.0 Å². The normalized spacial score (nSPS) is 29.1. The van der Waals surface area contributed by atoms with Crippen molar-refractivity contribution in [2.75, 3.05) is 13.7 Å². The molecule has 0 saturated carbocycles. The second-order valence-electron chi connectivity index (χ2n) is 11.4. The Morgan fingerprint density at radius 2 is 1.20 bits per heavy atom. The van der Waals surface area contributed by atoms with Gasteiger partial charge in [0, 0.05) is 27.7 Å². The highest BCUT2D eigenvalue weighted by molar-refractivity contribution is 5.89. The Kier molecular flexibility index (Phi) is 13.1. The monoisotopic (exact) mass is 704 g/mol. The lowest BCUT2D eigenvalue weighted by atomic mass is 9.96. The van der Waals surface area contributed by atoms with Crippen molar-refractivity contribution in [3.05, 3.63) is 60.2 Å². The third kappa shape index (κ3) is 9.90. The number of hydrogen-bond donors (Lipinski definition) is 1. The Hall–Kier alpha value is -4.77. The van der Waals surface area contributed by atoms with E-state index in [1.807, 2.05) is 0 Å². The zero-order chi connectivity index (χ0) is 36.5. The van der Waals surface area contributed by atoms with Crippen LogP contribution in [0.5, 0.6) is 11.5 Å². The van der Waals surface area contributed by atoms with Crippen LogP contribution in [0.2, 0.25) is 0 Å². The lowest BCUT2D eigenvalue weighted by Crippen LogP contribution is -2.66. The molecule has 2 aliphatic heterocycles. The maximum absolute atomic E-state index is 12.8. The summed E-state index contributed by atoms with van der Waals surface area (Å²) < 4.78 is 56.9. The molecule has 16 nitrogen and oxygen atoms in total. The van der Waals surface area contributed by atoms with Crippen molar-refractivity contribution < 1.29 is 76.4 Å². The van der Waals surface area contributed by atoms with Crippen molar-refractivity contribution in [3.63, 3.8) is 0 Å². The van der Waals surface area contributed by atoms with E-state index >= 15 is 0 Å². The second kappa shape index (κ2) is 17.2. The number of aliphatic hydroxyl groups excluding tert-OH is 1. The van der Waals surface area contributed by atoms with Crippen LogP contribution in [0.4, 0.5) is 0 Å². The Bertz CT molecular complexity index is 1480. The third-order valence-corrected chi connectivity index (χ3v) is 7.54. The van der Waals surface area contributed by atoms with Gasteiger partial charge in [0.05, 0.1) is 18.8 Å². The molecule has 2 fully saturated rings. The van der Waals surface area contributed by atoms with Crippen LogP contribution in [0.25, 0.3) is 0 Å². The van der Waals surface area contributed by atoms with Crippen molar-refractivity contribution in [1.29, 1.82) is 0 Å². The lowest BCUT2D eigenvalue weighted by Gasteiger charge is -2.47. The summed E-state index contributed by atoms with van der Waals surface area (Å²) in [7, 11) is 1.48. The van der Waals surface area contributed by atoms with Crippen molar-refractivity contribution in [2.45, 2.75) is 96.0 Å². The molecule has 2 aliphatic rings. The standard InChI is InChI=1S/C34H40O16/c1-17-27(44-18(2)35)30(46-20(4)37)31(47-21(5)38)34(43-17)50-29-26(39)28(45-19(3)36)25(16-42-32(40)22-10-8-7-9-11-22)49-33(29)48-24-14-12-23(41-6)13-15-24/h7-15,17,25-31,33-34,39H,16H2,1-6H3/t17-,25+,26-,27-,28-,29+,30+,31+,33+,34-/m0/s1. The van der Waals surface area contributed by atoms with Gasteiger partial charge in [-0.25, -0.2) is 4.79 Å². The molecule has 1 N–H and O–H groups in total. The van der Waals surface area contributed by atoms with E-state index < -0.39 is 97.9 Å². The smallest absolute Gasteiger partial charge is 0.338 e. The van der Waals surface area contributed by atoms with E-state index in [4.69, 9.17) is 47.4 Å². The van der Waals surface area contributed by atoms with E-state index in [0.29, 0.717) is 5.75 Å². The number of carbonyl (C=O) groups excluding carboxylic acids is 5. The molecule has 0 amide bonds. The molecular formula is C34H40O16.